The molecule has 11 nitrogen and oxygen atoms in total. The van der Waals surface area contributed by atoms with Gasteiger partial charge in [0.05, 0.1) is 27.4 Å². The van der Waals surface area contributed by atoms with Gasteiger partial charge in [0.15, 0.2) is 0 Å². The van der Waals surface area contributed by atoms with E-state index in [4.69, 9.17) is 9.47 Å². The van der Waals surface area contributed by atoms with Gasteiger partial charge in [-0.15, -0.1) is 0 Å². The Morgan fingerprint density at radius 2 is 1.62 bits per heavy atom. The summed E-state index contributed by atoms with van der Waals surface area (Å²) in [5, 5.41) is 23.9. The summed E-state index contributed by atoms with van der Waals surface area (Å²) in [7, 11) is 0. The van der Waals surface area contributed by atoms with Crippen LogP contribution in [0.3, 0.4) is 0 Å². The first kappa shape index (κ1) is 26.4. The fourth-order valence-electron chi connectivity index (χ4n) is 4.06. The first-order valence-electron chi connectivity index (χ1n) is 11.9. The Kier molecular flexibility index (Phi) is 7.42. The lowest BCUT2D eigenvalue weighted by atomic mass is 10.1. The maximum absolute atomic E-state index is 13.0. The predicted octanol–water partition coefficient (Wildman–Crippen LogP) is 6.56. The number of non-ortho nitro benzene ring substituents is 1. The van der Waals surface area contributed by atoms with Crippen molar-refractivity contribution in [1.29, 1.82) is 0 Å². The van der Waals surface area contributed by atoms with Gasteiger partial charge in [-0.3, -0.25) is 34.7 Å². The lowest BCUT2D eigenvalue weighted by Crippen LogP contribution is -2.32. The van der Waals surface area contributed by atoms with Gasteiger partial charge < -0.3 is 9.47 Å². The van der Waals surface area contributed by atoms with Gasteiger partial charge in [0, 0.05) is 11.5 Å². The number of carbonyl (C=O) groups is 2. The van der Waals surface area contributed by atoms with E-state index in [1.807, 2.05) is 42.5 Å². The van der Waals surface area contributed by atoms with Crippen LogP contribution in [0.2, 0.25) is 0 Å². The van der Waals surface area contributed by atoms with E-state index >= 15 is 0 Å². The van der Waals surface area contributed by atoms with Crippen LogP contribution in [0.25, 0.3) is 16.8 Å². The summed E-state index contributed by atoms with van der Waals surface area (Å²) in [5.41, 5.74) is -0.489. The third-order valence-electron chi connectivity index (χ3n) is 5.93. The van der Waals surface area contributed by atoms with Gasteiger partial charge in [-0.1, -0.05) is 48.5 Å². The first-order valence-corrected chi connectivity index (χ1v) is 12.7. The topological polar surface area (TPSA) is 142 Å². The Hall–Kier alpha value is -5.23. The van der Waals surface area contributed by atoms with Crippen molar-refractivity contribution in [3.05, 3.63) is 116 Å². The number of hydrogen-bond acceptors (Lipinski definition) is 9. The Morgan fingerprint density at radius 1 is 0.850 bits per heavy atom. The van der Waals surface area contributed by atoms with E-state index in [2.05, 4.69) is 0 Å². The Labute approximate surface area is 230 Å². The number of amides is 2. The highest BCUT2D eigenvalue weighted by Crippen LogP contribution is 2.36. The van der Waals surface area contributed by atoms with Crippen LogP contribution in [-0.2, 0) is 4.79 Å². The second kappa shape index (κ2) is 11.3. The molecule has 40 heavy (non-hydrogen) atoms. The minimum atomic E-state index is -0.772. The molecule has 0 unspecified atom stereocenters. The van der Waals surface area contributed by atoms with Crippen LogP contribution >= 0.6 is 11.8 Å². The minimum Gasteiger partial charge on any atom is -0.491 e. The van der Waals surface area contributed by atoms with E-state index in [-0.39, 0.29) is 29.6 Å². The van der Waals surface area contributed by atoms with E-state index in [0.717, 1.165) is 45.6 Å². The molecule has 1 saturated heterocycles. The number of ether oxygens (including phenoxy) is 2. The number of hydrogen-bond donors (Lipinski definition) is 0. The predicted molar refractivity (Wildman–Crippen MR) is 148 cm³/mol. The summed E-state index contributed by atoms with van der Waals surface area (Å²) >= 11 is 0.795. The molecule has 2 amide bonds. The van der Waals surface area contributed by atoms with Crippen molar-refractivity contribution < 1.29 is 28.9 Å². The molecule has 0 aliphatic carbocycles. The van der Waals surface area contributed by atoms with Crippen molar-refractivity contribution in [2.45, 2.75) is 0 Å². The molecular weight excluding hydrogens is 538 g/mol. The van der Waals surface area contributed by atoms with Crippen molar-refractivity contribution in [3.63, 3.8) is 0 Å². The van der Waals surface area contributed by atoms with Crippen molar-refractivity contribution in [2.24, 2.45) is 0 Å². The molecule has 0 N–H and O–H groups in total. The lowest BCUT2D eigenvalue weighted by Gasteiger charge is -2.14. The van der Waals surface area contributed by atoms with Crippen molar-refractivity contribution >= 4 is 51.1 Å². The highest BCUT2D eigenvalue weighted by atomic mass is 32.2. The number of nitro benzene ring substituents is 2. The molecule has 0 atom stereocenters. The smallest absolute Gasteiger partial charge is 0.318 e. The summed E-state index contributed by atoms with van der Waals surface area (Å²) < 4.78 is 11.5. The monoisotopic (exact) mass is 557 g/mol. The molecule has 12 heteroatoms. The number of rotatable bonds is 9. The zero-order valence-corrected chi connectivity index (χ0v) is 21.4. The van der Waals surface area contributed by atoms with E-state index < -0.39 is 32.4 Å². The van der Waals surface area contributed by atoms with Crippen LogP contribution in [0.4, 0.5) is 16.2 Å². The standard InChI is InChI=1S/C28H19N3O8S/c32-27-26(40-28(33)29(27)13-14-38-24-10-4-7-19-6-1-2-9-22(19)24)16-18-5-3-8-21(15-18)39-25-12-11-20(30(34)35)17-23(25)31(36)37/h1-12,15-17H,13-14H2/b26-16-. The molecule has 0 aromatic heterocycles. The fourth-order valence-corrected chi connectivity index (χ4v) is 4.92. The summed E-state index contributed by atoms with van der Waals surface area (Å²) in [6.07, 6.45) is 1.52. The first-order chi connectivity index (χ1) is 19.3. The molecule has 0 saturated carbocycles. The second-order valence-corrected chi connectivity index (χ2v) is 9.49. The van der Waals surface area contributed by atoms with Crippen LogP contribution in [0.1, 0.15) is 5.56 Å². The number of imide groups is 1. The number of thioether (sulfide) groups is 1. The number of nitrogens with zero attached hydrogens (tertiary/aromatic N) is 3. The van der Waals surface area contributed by atoms with Crippen LogP contribution in [-0.4, -0.2) is 39.0 Å². The lowest BCUT2D eigenvalue weighted by molar-refractivity contribution is -0.394. The van der Waals surface area contributed by atoms with E-state index in [9.17, 15) is 29.8 Å². The molecule has 0 radical (unpaired) electrons. The largest absolute Gasteiger partial charge is 0.491 e. The fraction of sp³-hybridized carbons (Fsp3) is 0.0714. The van der Waals surface area contributed by atoms with Crippen LogP contribution in [0.5, 0.6) is 17.2 Å². The summed E-state index contributed by atoms with van der Waals surface area (Å²) in [6.45, 7) is 0.189. The summed E-state index contributed by atoms with van der Waals surface area (Å²) in [4.78, 5) is 47.7. The average Bonchev–Trinajstić information content (AvgIpc) is 3.20. The summed E-state index contributed by atoms with van der Waals surface area (Å²) in [6, 6.07) is 22.8. The molecule has 4 aromatic rings. The van der Waals surface area contributed by atoms with Crippen LogP contribution < -0.4 is 9.47 Å². The number of carbonyl (C=O) groups excluding carboxylic acids is 2. The quantitative estimate of drug-likeness (QED) is 0.127. The van der Waals surface area contributed by atoms with Gasteiger partial charge in [-0.2, -0.15) is 0 Å². The van der Waals surface area contributed by atoms with E-state index in [1.54, 1.807) is 18.2 Å². The van der Waals surface area contributed by atoms with E-state index in [0.29, 0.717) is 11.3 Å². The van der Waals surface area contributed by atoms with Gasteiger partial charge >= 0.3 is 5.69 Å². The zero-order chi connectivity index (χ0) is 28.2. The average molecular weight is 558 g/mol. The van der Waals surface area contributed by atoms with Gasteiger partial charge in [0.1, 0.15) is 18.1 Å². The minimum absolute atomic E-state index is 0.0676. The molecular formula is C28H19N3O8S. The maximum atomic E-state index is 13.0. The Balaban J connectivity index is 1.27. The van der Waals surface area contributed by atoms with Gasteiger partial charge in [0.2, 0.25) is 5.75 Å². The van der Waals surface area contributed by atoms with Gasteiger partial charge in [0.25, 0.3) is 16.8 Å². The molecule has 4 aromatic carbocycles. The Morgan fingerprint density at radius 3 is 2.42 bits per heavy atom. The number of fused-ring (bicyclic) bond motifs is 1. The van der Waals surface area contributed by atoms with Gasteiger partial charge in [-0.05, 0) is 53.1 Å². The van der Waals surface area contributed by atoms with Crippen molar-refractivity contribution in [2.75, 3.05) is 13.2 Å². The third kappa shape index (κ3) is 5.61. The van der Waals surface area contributed by atoms with E-state index in [1.165, 1.54) is 12.1 Å². The highest BCUT2D eigenvalue weighted by Gasteiger charge is 2.34. The van der Waals surface area contributed by atoms with Crippen molar-refractivity contribution in [3.8, 4) is 17.2 Å². The molecule has 0 spiro atoms. The third-order valence-corrected chi connectivity index (χ3v) is 6.84. The maximum Gasteiger partial charge on any atom is 0.318 e. The van der Waals surface area contributed by atoms with Crippen LogP contribution in [0, 0.1) is 20.2 Å². The number of benzene rings is 4. The molecule has 1 fully saturated rings. The molecule has 1 heterocycles. The zero-order valence-electron chi connectivity index (χ0n) is 20.6. The molecule has 5 rings (SSSR count). The Bertz CT molecular complexity index is 1700. The second-order valence-electron chi connectivity index (χ2n) is 8.50. The normalized spacial score (nSPS) is 14.1. The molecule has 1 aliphatic heterocycles. The van der Waals surface area contributed by atoms with Gasteiger partial charge in [-0.25, -0.2) is 0 Å². The molecule has 200 valence electrons. The number of nitro groups is 2. The van der Waals surface area contributed by atoms with Crippen molar-refractivity contribution in [1.82, 2.24) is 4.90 Å². The highest BCUT2D eigenvalue weighted by molar-refractivity contribution is 8.18. The molecule has 0 bridgehead atoms. The summed E-state index contributed by atoms with van der Waals surface area (Å²) in [5.74, 6) is 0.215. The SMILES string of the molecule is O=C1S/C(=C\c2cccc(Oc3ccc([N+](=O)[O-])cc3[N+](=O)[O-])c2)C(=O)N1CCOc1cccc2ccccc12. The van der Waals surface area contributed by atoms with Crippen LogP contribution in [0.15, 0.2) is 89.8 Å². The molecule has 1 aliphatic rings.